The molecule has 2 unspecified atom stereocenters. The molecule has 0 spiro atoms. The molecule has 1 saturated carbocycles. The van der Waals surface area contributed by atoms with Crippen LogP contribution in [-0.2, 0) is 4.79 Å². The average molecular weight is 243 g/mol. The summed E-state index contributed by atoms with van der Waals surface area (Å²) in [6.07, 6.45) is 6.74. The highest BCUT2D eigenvalue weighted by molar-refractivity contribution is 5.93. The number of fused-ring (bicyclic) bond motifs is 1. The SMILES string of the molecule is CCC1=C[C@H]2C(=O)C(C(O)c3ccncc3)[C@H]2C1. The molecular formula is C15H17NO2. The summed E-state index contributed by atoms with van der Waals surface area (Å²) >= 11 is 0. The van der Waals surface area contributed by atoms with Gasteiger partial charge in [-0.1, -0.05) is 18.6 Å². The van der Waals surface area contributed by atoms with Crippen molar-refractivity contribution in [3.8, 4) is 0 Å². The van der Waals surface area contributed by atoms with Gasteiger partial charge in [-0.3, -0.25) is 9.78 Å². The number of aromatic nitrogens is 1. The molecule has 3 rings (SSSR count). The lowest BCUT2D eigenvalue weighted by Crippen LogP contribution is -2.47. The molecule has 1 aromatic rings. The predicted molar refractivity (Wildman–Crippen MR) is 67.7 cm³/mol. The highest BCUT2D eigenvalue weighted by Crippen LogP contribution is 2.52. The number of hydrogen-bond donors (Lipinski definition) is 1. The molecule has 1 fully saturated rings. The third-order valence-corrected chi connectivity index (χ3v) is 4.33. The number of rotatable bonds is 3. The molecule has 18 heavy (non-hydrogen) atoms. The molecule has 3 heteroatoms. The lowest BCUT2D eigenvalue weighted by atomic mass is 9.62. The summed E-state index contributed by atoms with van der Waals surface area (Å²) in [5.74, 6) is 0.363. The van der Waals surface area contributed by atoms with Gasteiger partial charge in [-0.25, -0.2) is 0 Å². The molecule has 0 saturated heterocycles. The van der Waals surface area contributed by atoms with Gasteiger partial charge in [0.05, 0.1) is 12.0 Å². The minimum Gasteiger partial charge on any atom is -0.388 e. The van der Waals surface area contributed by atoms with Gasteiger partial charge < -0.3 is 5.11 Å². The van der Waals surface area contributed by atoms with E-state index in [-0.39, 0.29) is 17.6 Å². The molecule has 0 aromatic carbocycles. The lowest BCUT2D eigenvalue weighted by molar-refractivity contribution is -0.146. The minimum atomic E-state index is -0.675. The Morgan fingerprint density at radius 3 is 2.83 bits per heavy atom. The van der Waals surface area contributed by atoms with Crippen LogP contribution in [0.5, 0.6) is 0 Å². The summed E-state index contributed by atoms with van der Waals surface area (Å²) in [5, 5.41) is 10.3. The molecule has 1 heterocycles. The molecule has 0 amide bonds. The van der Waals surface area contributed by atoms with E-state index in [4.69, 9.17) is 0 Å². The first kappa shape index (κ1) is 11.6. The van der Waals surface area contributed by atoms with Crippen LogP contribution in [0, 0.1) is 17.8 Å². The first-order valence-corrected chi connectivity index (χ1v) is 6.53. The topological polar surface area (TPSA) is 50.2 Å². The first-order chi connectivity index (χ1) is 8.72. The number of carbonyl (C=O) groups excluding carboxylic acids is 1. The largest absolute Gasteiger partial charge is 0.388 e. The van der Waals surface area contributed by atoms with Crippen LogP contribution in [0.4, 0.5) is 0 Å². The average Bonchev–Trinajstić information content (AvgIpc) is 2.79. The molecule has 4 atom stereocenters. The van der Waals surface area contributed by atoms with Crippen molar-refractivity contribution in [1.82, 2.24) is 4.98 Å². The van der Waals surface area contributed by atoms with Crippen LogP contribution in [0.1, 0.15) is 31.4 Å². The third-order valence-electron chi connectivity index (χ3n) is 4.33. The van der Waals surface area contributed by atoms with Gasteiger partial charge in [0, 0.05) is 18.3 Å². The number of ketones is 1. The van der Waals surface area contributed by atoms with E-state index in [9.17, 15) is 9.90 Å². The summed E-state index contributed by atoms with van der Waals surface area (Å²) in [6, 6.07) is 3.57. The van der Waals surface area contributed by atoms with Gasteiger partial charge >= 0.3 is 0 Å². The third kappa shape index (κ3) is 1.62. The lowest BCUT2D eigenvalue weighted by Gasteiger charge is -2.41. The molecule has 0 radical (unpaired) electrons. The second-order valence-electron chi connectivity index (χ2n) is 5.23. The number of allylic oxidation sites excluding steroid dienone is 2. The zero-order valence-electron chi connectivity index (χ0n) is 10.4. The van der Waals surface area contributed by atoms with Crippen LogP contribution in [0.25, 0.3) is 0 Å². The summed E-state index contributed by atoms with van der Waals surface area (Å²) in [5.41, 5.74) is 2.16. The standard InChI is InChI=1S/C15H17NO2/c1-2-9-7-11-12(8-9)15(18)13(11)14(17)10-3-5-16-6-4-10/h3-6,8,11-14,17H,2,7H2,1H3/t11-,12+,13?,14?/m0/s1. The van der Waals surface area contributed by atoms with E-state index in [0.29, 0.717) is 5.92 Å². The number of aliphatic hydroxyl groups is 1. The highest BCUT2D eigenvalue weighted by atomic mass is 16.3. The second kappa shape index (κ2) is 4.32. The predicted octanol–water partition coefficient (Wildman–Crippen LogP) is 2.29. The summed E-state index contributed by atoms with van der Waals surface area (Å²) in [6.45, 7) is 2.12. The van der Waals surface area contributed by atoms with Gasteiger partial charge in [-0.15, -0.1) is 0 Å². The van der Waals surface area contributed by atoms with E-state index < -0.39 is 6.10 Å². The van der Waals surface area contributed by atoms with Crippen molar-refractivity contribution in [3.63, 3.8) is 0 Å². The van der Waals surface area contributed by atoms with Crippen LogP contribution in [0.15, 0.2) is 36.2 Å². The van der Waals surface area contributed by atoms with Crippen molar-refractivity contribution in [2.75, 3.05) is 0 Å². The Labute approximate surface area is 107 Å². The number of nitrogens with zero attached hydrogens (tertiary/aromatic N) is 1. The van der Waals surface area contributed by atoms with Crippen LogP contribution in [-0.4, -0.2) is 15.9 Å². The maximum atomic E-state index is 12.1. The van der Waals surface area contributed by atoms with Gasteiger partial charge in [0.2, 0.25) is 0 Å². The molecule has 2 aliphatic rings. The van der Waals surface area contributed by atoms with Gasteiger partial charge in [0.15, 0.2) is 0 Å². The summed E-state index contributed by atoms with van der Waals surface area (Å²) in [7, 11) is 0. The first-order valence-electron chi connectivity index (χ1n) is 6.53. The van der Waals surface area contributed by atoms with Crippen molar-refractivity contribution >= 4 is 5.78 Å². The van der Waals surface area contributed by atoms with Crippen LogP contribution >= 0.6 is 0 Å². The fourth-order valence-electron chi connectivity index (χ4n) is 3.25. The van der Waals surface area contributed by atoms with Crippen LogP contribution in [0.3, 0.4) is 0 Å². The quantitative estimate of drug-likeness (QED) is 0.829. The number of pyridine rings is 1. The van der Waals surface area contributed by atoms with Crippen LogP contribution in [0.2, 0.25) is 0 Å². The number of carbonyl (C=O) groups is 1. The molecule has 1 N–H and O–H groups in total. The van der Waals surface area contributed by atoms with Crippen molar-refractivity contribution in [1.29, 1.82) is 0 Å². The maximum absolute atomic E-state index is 12.1. The minimum absolute atomic E-state index is 0.0708. The highest BCUT2D eigenvalue weighted by Gasteiger charge is 2.54. The van der Waals surface area contributed by atoms with Crippen molar-refractivity contribution in [2.45, 2.75) is 25.9 Å². The molecule has 0 aliphatic heterocycles. The Morgan fingerprint density at radius 2 is 2.17 bits per heavy atom. The van der Waals surface area contributed by atoms with Gasteiger partial charge in [-0.05, 0) is 36.5 Å². The summed E-state index contributed by atoms with van der Waals surface area (Å²) < 4.78 is 0. The van der Waals surface area contributed by atoms with E-state index in [0.717, 1.165) is 18.4 Å². The molecule has 2 aliphatic carbocycles. The molecular weight excluding hydrogens is 226 g/mol. The van der Waals surface area contributed by atoms with Crippen molar-refractivity contribution in [3.05, 3.63) is 41.7 Å². The van der Waals surface area contributed by atoms with E-state index in [1.165, 1.54) is 5.57 Å². The zero-order chi connectivity index (χ0) is 12.7. The monoisotopic (exact) mass is 243 g/mol. The molecule has 94 valence electrons. The second-order valence-corrected chi connectivity index (χ2v) is 5.23. The normalized spacial score (nSPS) is 31.6. The Bertz CT molecular complexity index is 494. The molecule has 0 bridgehead atoms. The Balaban J connectivity index is 1.78. The van der Waals surface area contributed by atoms with Gasteiger partial charge in [0.1, 0.15) is 5.78 Å². The van der Waals surface area contributed by atoms with Crippen molar-refractivity contribution < 1.29 is 9.90 Å². The Hall–Kier alpha value is -1.48. The fourth-order valence-corrected chi connectivity index (χ4v) is 3.25. The van der Waals surface area contributed by atoms with Crippen molar-refractivity contribution in [2.24, 2.45) is 17.8 Å². The van der Waals surface area contributed by atoms with Gasteiger partial charge in [-0.2, -0.15) is 0 Å². The zero-order valence-corrected chi connectivity index (χ0v) is 10.4. The number of aliphatic hydroxyl groups excluding tert-OH is 1. The van der Waals surface area contributed by atoms with Gasteiger partial charge in [0.25, 0.3) is 0 Å². The van der Waals surface area contributed by atoms with Crippen LogP contribution < -0.4 is 0 Å². The molecule has 1 aromatic heterocycles. The Morgan fingerprint density at radius 1 is 1.44 bits per heavy atom. The van der Waals surface area contributed by atoms with E-state index in [1.54, 1.807) is 24.5 Å². The smallest absolute Gasteiger partial charge is 0.146 e. The number of hydrogen-bond acceptors (Lipinski definition) is 3. The molecule has 3 nitrogen and oxygen atoms in total. The maximum Gasteiger partial charge on any atom is 0.146 e. The summed E-state index contributed by atoms with van der Waals surface area (Å²) in [4.78, 5) is 16.0. The van der Waals surface area contributed by atoms with E-state index >= 15 is 0 Å². The van der Waals surface area contributed by atoms with E-state index in [1.807, 2.05) is 0 Å². The Kier molecular flexibility index (Phi) is 2.78. The number of Topliss-reactive ketones (excluding diaryl/α,β-unsaturated/α-hetero) is 1. The van der Waals surface area contributed by atoms with E-state index in [2.05, 4.69) is 18.0 Å². The fraction of sp³-hybridized carbons (Fsp3) is 0.467.